The second-order valence-electron chi connectivity index (χ2n) is 7.68. The fraction of sp³-hybridized carbons (Fsp3) is 0.500. The lowest BCUT2D eigenvalue weighted by molar-refractivity contribution is -0.143. The molecule has 0 radical (unpaired) electrons. The third kappa shape index (κ3) is 3.87. The lowest BCUT2D eigenvalue weighted by atomic mass is 9.72. The molecule has 0 atom stereocenters. The molecule has 1 aromatic heterocycles. The third-order valence-corrected chi connectivity index (χ3v) is 5.87. The van der Waals surface area contributed by atoms with E-state index in [1.807, 2.05) is 42.2 Å². The van der Waals surface area contributed by atoms with E-state index in [0.717, 1.165) is 36.9 Å². The number of hydrogen-bond donors (Lipinski definition) is 0. The number of aromatic nitrogens is 2. The quantitative estimate of drug-likeness (QED) is 0.815. The summed E-state index contributed by atoms with van der Waals surface area (Å²) in [4.78, 5) is 15.6. The molecule has 6 heteroatoms. The van der Waals surface area contributed by atoms with Crippen molar-refractivity contribution in [3.63, 3.8) is 0 Å². The number of carbonyl (C=O) groups is 1. The number of aryl methyl sites for hydroxylation is 1. The standard InChI is InChI=1S/C22H27N3O3/c1-17-7-8-20(24-23-17)28-19-9-13-25(14-10-19)21(26)22(11-15-27-16-12-22)18-5-3-2-4-6-18/h2-8,19H,9-16H2,1H3. The topological polar surface area (TPSA) is 64.5 Å². The first-order valence-corrected chi connectivity index (χ1v) is 10.1. The lowest BCUT2D eigenvalue weighted by Gasteiger charge is -2.42. The van der Waals surface area contributed by atoms with Crippen LogP contribution < -0.4 is 4.74 Å². The number of likely N-dealkylation sites (tertiary alicyclic amines) is 1. The highest BCUT2D eigenvalue weighted by molar-refractivity contribution is 5.88. The largest absolute Gasteiger partial charge is 0.473 e. The highest BCUT2D eigenvalue weighted by Crippen LogP contribution is 2.37. The van der Waals surface area contributed by atoms with Crippen molar-refractivity contribution in [1.29, 1.82) is 0 Å². The van der Waals surface area contributed by atoms with Crippen LogP contribution in [0.25, 0.3) is 0 Å². The van der Waals surface area contributed by atoms with Gasteiger partial charge in [0, 0.05) is 45.2 Å². The van der Waals surface area contributed by atoms with Crippen molar-refractivity contribution >= 4 is 5.91 Å². The van der Waals surface area contributed by atoms with E-state index < -0.39 is 5.41 Å². The minimum absolute atomic E-state index is 0.0726. The summed E-state index contributed by atoms with van der Waals surface area (Å²) in [5.41, 5.74) is 1.52. The van der Waals surface area contributed by atoms with Crippen LogP contribution >= 0.6 is 0 Å². The van der Waals surface area contributed by atoms with Gasteiger partial charge >= 0.3 is 0 Å². The van der Waals surface area contributed by atoms with E-state index in [2.05, 4.69) is 22.3 Å². The second kappa shape index (κ2) is 8.27. The Labute approximate surface area is 165 Å². The van der Waals surface area contributed by atoms with Gasteiger partial charge in [-0.3, -0.25) is 4.79 Å². The van der Waals surface area contributed by atoms with Crippen LogP contribution in [0.4, 0.5) is 0 Å². The predicted octanol–water partition coefficient (Wildman–Crippen LogP) is 2.90. The van der Waals surface area contributed by atoms with E-state index in [9.17, 15) is 4.79 Å². The van der Waals surface area contributed by atoms with E-state index in [-0.39, 0.29) is 12.0 Å². The Bertz CT molecular complexity index is 780. The van der Waals surface area contributed by atoms with Gasteiger partial charge in [0.15, 0.2) is 0 Å². The summed E-state index contributed by atoms with van der Waals surface area (Å²) in [6.07, 6.45) is 3.17. The molecule has 6 nitrogen and oxygen atoms in total. The maximum absolute atomic E-state index is 13.6. The molecule has 4 rings (SSSR count). The molecule has 2 aliphatic heterocycles. The van der Waals surface area contributed by atoms with Crippen LogP contribution in [-0.4, -0.2) is 53.4 Å². The highest BCUT2D eigenvalue weighted by atomic mass is 16.5. The van der Waals surface area contributed by atoms with E-state index in [0.29, 0.717) is 32.2 Å². The minimum atomic E-state index is -0.463. The van der Waals surface area contributed by atoms with Crippen molar-refractivity contribution in [3.05, 3.63) is 53.7 Å². The predicted molar refractivity (Wildman–Crippen MR) is 105 cm³/mol. The Kier molecular flexibility index (Phi) is 5.57. The average Bonchev–Trinajstić information content (AvgIpc) is 2.76. The SMILES string of the molecule is Cc1ccc(OC2CCN(C(=O)C3(c4ccccc4)CCOCC3)CC2)nn1. The van der Waals surface area contributed by atoms with Crippen LogP contribution in [0.1, 0.15) is 36.9 Å². The maximum atomic E-state index is 13.6. The lowest BCUT2D eigenvalue weighted by Crippen LogP contribution is -2.53. The van der Waals surface area contributed by atoms with Gasteiger partial charge in [0.25, 0.3) is 0 Å². The van der Waals surface area contributed by atoms with Crippen LogP contribution in [0.15, 0.2) is 42.5 Å². The number of ether oxygens (including phenoxy) is 2. The minimum Gasteiger partial charge on any atom is -0.473 e. The summed E-state index contributed by atoms with van der Waals surface area (Å²) in [7, 11) is 0. The molecule has 1 amide bonds. The van der Waals surface area contributed by atoms with Gasteiger partial charge in [0.1, 0.15) is 6.10 Å². The molecule has 0 spiro atoms. The molecule has 0 unspecified atom stereocenters. The first-order chi connectivity index (χ1) is 13.7. The molecule has 0 saturated carbocycles. The molecule has 0 aliphatic carbocycles. The first kappa shape index (κ1) is 18.9. The van der Waals surface area contributed by atoms with Crippen molar-refractivity contribution in [3.8, 4) is 5.88 Å². The molecule has 1 aromatic carbocycles. The smallest absolute Gasteiger partial charge is 0.233 e. The van der Waals surface area contributed by atoms with Crippen molar-refractivity contribution in [2.24, 2.45) is 0 Å². The highest BCUT2D eigenvalue weighted by Gasteiger charge is 2.44. The molecule has 148 valence electrons. The number of amides is 1. The summed E-state index contributed by atoms with van der Waals surface area (Å²) >= 11 is 0. The van der Waals surface area contributed by atoms with Gasteiger partial charge < -0.3 is 14.4 Å². The number of hydrogen-bond acceptors (Lipinski definition) is 5. The van der Waals surface area contributed by atoms with E-state index in [4.69, 9.17) is 9.47 Å². The van der Waals surface area contributed by atoms with Crippen LogP contribution in [0, 0.1) is 6.92 Å². The van der Waals surface area contributed by atoms with E-state index >= 15 is 0 Å². The summed E-state index contributed by atoms with van der Waals surface area (Å²) in [5.74, 6) is 0.788. The Morgan fingerprint density at radius 3 is 2.43 bits per heavy atom. The summed E-state index contributed by atoms with van der Waals surface area (Å²) in [6.45, 7) is 4.58. The normalized spacial score (nSPS) is 20.0. The molecule has 3 heterocycles. The number of benzene rings is 1. The molecular weight excluding hydrogens is 354 g/mol. The number of piperidine rings is 1. The molecule has 2 aliphatic rings. The summed E-state index contributed by atoms with van der Waals surface area (Å²) in [5, 5.41) is 8.12. The molecule has 0 N–H and O–H groups in total. The number of rotatable bonds is 4. The fourth-order valence-electron chi connectivity index (χ4n) is 4.20. The Morgan fingerprint density at radius 1 is 1.07 bits per heavy atom. The van der Waals surface area contributed by atoms with Gasteiger partial charge in [-0.15, -0.1) is 5.10 Å². The molecular formula is C22H27N3O3. The molecule has 0 bridgehead atoms. The zero-order valence-electron chi connectivity index (χ0n) is 16.3. The van der Waals surface area contributed by atoms with Crippen LogP contribution in [0.2, 0.25) is 0 Å². The van der Waals surface area contributed by atoms with Crippen LogP contribution in [-0.2, 0) is 14.9 Å². The fourth-order valence-corrected chi connectivity index (χ4v) is 4.20. The van der Waals surface area contributed by atoms with E-state index in [1.165, 1.54) is 0 Å². The van der Waals surface area contributed by atoms with Gasteiger partial charge in [-0.2, -0.15) is 5.10 Å². The van der Waals surface area contributed by atoms with Crippen molar-refractivity contribution in [1.82, 2.24) is 15.1 Å². The first-order valence-electron chi connectivity index (χ1n) is 10.1. The van der Waals surface area contributed by atoms with Gasteiger partial charge in [-0.1, -0.05) is 30.3 Å². The Morgan fingerprint density at radius 2 is 1.79 bits per heavy atom. The number of nitrogens with zero attached hydrogens (tertiary/aromatic N) is 3. The summed E-state index contributed by atoms with van der Waals surface area (Å²) < 4.78 is 11.5. The van der Waals surface area contributed by atoms with Crippen molar-refractivity contribution < 1.29 is 14.3 Å². The molecule has 2 fully saturated rings. The Balaban J connectivity index is 1.42. The van der Waals surface area contributed by atoms with Crippen molar-refractivity contribution in [2.75, 3.05) is 26.3 Å². The number of carbonyl (C=O) groups excluding carboxylic acids is 1. The second-order valence-corrected chi connectivity index (χ2v) is 7.68. The monoisotopic (exact) mass is 381 g/mol. The zero-order chi connectivity index (χ0) is 19.4. The van der Waals surface area contributed by atoms with E-state index in [1.54, 1.807) is 0 Å². The van der Waals surface area contributed by atoms with Gasteiger partial charge in [-0.25, -0.2) is 0 Å². The summed E-state index contributed by atoms with van der Waals surface area (Å²) in [6, 6.07) is 13.9. The maximum Gasteiger partial charge on any atom is 0.233 e. The van der Waals surface area contributed by atoms with Crippen LogP contribution in [0.5, 0.6) is 5.88 Å². The molecule has 28 heavy (non-hydrogen) atoms. The molecule has 2 aromatic rings. The van der Waals surface area contributed by atoms with Gasteiger partial charge in [0.05, 0.1) is 11.1 Å². The van der Waals surface area contributed by atoms with Gasteiger partial charge in [-0.05, 0) is 31.4 Å². The zero-order valence-corrected chi connectivity index (χ0v) is 16.3. The van der Waals surface area contributed by atoms with Crippen LogP contribution in [0.3, 0.4) is 0 Å². The van der Waals surface area contributed by atoms with Gasteiger partial charge in [0.2, 0.25) is 11.8 Å². The third-order valence-electron chi connectivity index (χ3n) is 5.87. The molecule has 2 saturated heterocycles. The van der Waals surface area contributed by atoms with Crippen molar-refractivity contribution in [2.45, 2.75) is 44.1 Å². The average molecular weight is 381 g/mol. The Hall–Kier alpha value is -2.47.